The summed E-state index contributed by atoms with van der Waals surface area (Å²) in [5.41, 5.74) is -1.14. The Labute approximate surface area is 92.5 Å². The molecular weight excluding hydrogens is 217 g/mol. The van der Waals surface area contributed by atoms with Crippen LogP contribution in [0.2, 0.25) is 0 Å². The fraction of sp³-hybridized carbons (Fsp3) is 0.333. The summed E-state index contributed by atoms with van der Waals surface area (Å²) in [6, 6.07) is 2.28. The molecule has 1 aromatic rings. The van der Waals surface area contributed by atoms with Crippen LogP contribution in [0, 0.1) is 11.6 Å². The van der Waals surface area contributed by atoms with E-state index < -0.39 is 28.6 Å². The van der Waals surface area contributed by atoms with Gasteiger partial charge < -0.3 is 4.74 Å². The van der Waals surface area contributed by atoms with Gasteiger partial charge in [-0.25, -0.2) is 8.78 Å². The van der Waals surface area contributed by atoms with Crippen LogP contribution < -0.4 is 4.74 Å². The first-order valence-corrected chi connectivity index (χ1v) is 4.74. The Bertz CT molecular complexity index is 419. The SMILES string of the molecule is C=C(F)c1ccc(OC(C)(C)C)c(F)c1F. The smallest absolute Gasteiger partial charge is 0.201 e. The molecule has 1 rings (SSSR count). The van der Waals surface area contributed by atoms with Gasteiger partial charge in [-0.05, 0) is 32.9 Å². The maximum Gasteiger partial charge on any atom is 0.201 e. The van der Waals surface area contributed by atoms with Gasteiger partial charge in [-0.2, -0.15) is 4.39 Å². The van der Waals surface area contributed by atoms with Crippen molar-refractivity contribution < 1.29 is 17.9 Å². The summed E-state index contributed by atoms with van der Waals surface area (Å²) in [6.45, 7) is 8.02. The predicted octanol–water partition coefficient (Wildman–Crippen LogP) is 4.08. The van der Waals surface area contributed by atoms with Crippen molar-refractivity contribution >= 4 is 5.83 Å². The second kappa shape index (κ2) is 4.20. The van der Waals surface area contributed by atoms with Crippen molar-refractivity contribution in [1.29, 1.82) is 0 Å². The summed E-state index contributed by atoms with van der Waals surface area (Å²) < 4.78 is 44.7. The molecule has 0 heterocycles. The Morgan fingerprint density at radius 1 is 1.19 bits per heavy atom. The molecule has 0 unspecified atom stereocenters. The molecule has 0 N–H and O–H groups in total. The third kappa shape index (κ3) is 2.78. The van der Waals surface area contributed by atoms with E-state index in [0.29, 0.717) is 0 Å². The average molecular weight is 230 g/mol. The number of rotatable bonds is 2. The minimum atomic E-state index is -1.28. The second-order valence-electron chi connectivity index (χ2n) is 4.36. The van der Waals surface area contributed by atoms with Gasteiger partial charge in [0.05, 0.1) is 0 Å². The summed E-state index contributed by atoms with van der Waals surface area (Å²) in [4.78, 5) is 0. The summed E-state index contributed by atoms with van der Waals surface area (Å²) in [5.74, 6) is -3.74. The van der Waals surface area contributed by atoms with E-state index >= 15 is 0 Å². The van der Waals surface area contributed by atoms with Crippen LogP contribution in [-0.2, 0) is 0 Å². The van der Waals surface area contributed by atoms with E-state index in [9.17, 15) is 13.2 Å². The van der Waals surface area contributed by atoms with Crippen molar-refractivity contribution in [2.45, 2.75) is 26.4 Å². The first kappa shape index (κ1) is 12.6. The zero-order valence-corrected chi connectivity index (χ0v) is 9.40. The lowest BCUT2D eigenvalue weighted by Gasteiger charge is -2.21. The van der Waals surface area contributed by atoms with Crippen molar-refractivity contribution in [2.75, 3.05) is 0 Å². The van der Waals surface area contributed by atoms with Gasteiger partial charge in [0.1, 0.15) is 11.4 Å². The number of benzene rings is 1. The van der Waals surface area contributed by atoms with Crippen LogP contribution in [-0.4, -0.2) is 5.60 Å². The Morgan fingerprint density at radius 2 is 1.75 bits per heavy atom. The van der Waals surface area contributed by atoms with Crippen molar-refractivity contribution in [3.05, 3.63) is 35.9 Å². The maximum atomic E-state index is 13.4. The molecule has 0 spiro atoms. The lowest BCUT2D eigenvalue weighted by molar-refractivity contribution is 0.123. The molecule has 0 atom stereocenters. The Hall–Kier alpha value is -1.45. The van der Waals surface area contributed by atoms with Crippen molar-refractivity contribution in [2.24, 2.45) is 0 Å². The molecule has 0 bridgehead atoms. The average Bonchev–Trinajstić information content (AvgIpc) is 2.10. The molecule has 88 valence electrons. The highest BCUT2D eigenvalue weighted by Crippen LogP contribution is 2.29. The standard InChI is InChI=1S/C12H13F3O/c1-7(13)8-5-6-9(11(15)10(8)14)16-12(2,3)4/h5-6H,1H2,2-4H3. The van der Waals surface area contributed by atoms with Gasteiger partial charge in [0.2, 0.25) is 5.82 Å². The Kier molecular flexibility index (Phi) is 3.31. The first-order valence-electron chi connectivity index (χ1n) is 4.74. The zero-order chi connectivity index (χ0) is 12.5. The van der Waals surface area contributed by atoms with Gasteiger partial charge >= 0.3 is 0 Å². The Balaban J connectivity index is 3.17. The van der Waals surface area contributed by atoms with E-state index in [1.165, 1.54) is 6.07 Å². The molecule has 0 saturated carbocycles. The minimum absolute atomic E-state index is 0.241. The van der Waals surface area contributed by atoms with Crippen LogP contribution in [0.1, 0.15) is 26.3 Å². The molecule has 1 nitrogen and oxygen atoms in total. The summed E-state index contributed by atoms with van der Waals surface area (Å²) in [6.07, 6.45) is 0. The number of ether oxygens (including phenoxy) is 1. The van der Waals surface area contributed by atoms with E-state index in [2.05, 4.69) is 6.58 Å². The lowest BCUT2D eigenvalue weighted by Crippen LogP contribution is -2.23. The summed E-state index contributed by atoms with van der Waals surface area (Å²) in [5, 5.41) is 0. The van der Waals surface area contributed by atoms with Crippen LogP contribution in [0.5, 0.6) is 5.75 Å². The fourth-order valence-corrected chi connectivity index (χ4v) is 1.15. The van der Waals surface area contributed by atoms with Crippen LogP contribution in [0.4, 0.5) is 13.2 Å². The summed E-state index contributed by atoms with van der Waals surface area (Å²) >= 11 is 0. The normalized spacial score (nSPS) is 11.4. The zero-order valence-electron chi connectivity index (χ0n) is 9.40. The molecule has 0 radical (unpaired) electrons. The molecule has 1 aromatic carbocycles. The van der Waals surface area contributed by atoms with E-state index in [1.54, 1.807) is 20.8 Å². The minimum Gasteiger partial charge on any atom is -0.485 e. The molecule has 0 aromatic heterocycles. The van der Waals surface area contributed by atoms with E-state index in [0.717, 1.165) is 6.07 Å². The van der Waals surface area contributed by atoms with E-state index in [1.807, 2.05) is 0 Å². The largest absolute Gasteiger partial charge is 0.485 e. The summed E-state index contributed by atoms with van der Waals surface area (Å²) in [7, 11) is 0. The van der Waals surface area contributed by atoms with Gasteiger partial charge in [0.25, 0.3) is 0 Å². The molecule has 0 aliphatic rings. The highest BCUT2D eigenvalue weighted by Gasteiger charge is 2.20. The number of hydrogen-bond acceptors (Lipinski definition) is 1. The van der Waals surface area contributed by atoms with Crippen molar-refractivity contribution in [1.82, 2.24) is 0 Å². The van der Waals surface area contributed by atoms with Gasteiger partial charge in [-0.15, -0.1) is 0 Å². The van der Waals surface area contributed by atoms with Gasteiger partial charge in [0, 0.05) is 5.56 Å². The topological polar surface area (TPSA) is 9.23 Å². The van der Waals surface area contributed by atoms with Crippen LogP contribution in [0.3, 0.4) is 0 Å². The van der Waals surface area contributed by atoms with Crippen LogP contribution in [0.25, 0.3) is 5.83 Å². The molecular formula is C12H13F3O. The van der Waals surface area contributed by atoms with Crippen molar-refractivity contribution in [3.8, 4) is 5.75 Å². The highest BCUT2D eigenvalue weighted by atomic mass is 19.2. The molecule has 0 aliphatic heterocycles. The quantitative estimate of drug-likeness (QED) is 0.743. The molecule has 16 heavy (non-hydrogen) atoms. The third-order valence-corrected chi connectivity index (χ3v) is 1.76. The van der Waals surface area contributed by atoms with Crippen LogP contribution >= 0.6 is 0 Å². The molecule has 4 heteroatoms. The second-order valence-corrected chi connectivity index (χ2v) is 4.36. The molecule has 0 fully saturated rings. The molecule has 0 aliphatic carbocycles. The van der Waals surface area contributed by atoms with E-state index in [4.69, 9.17) is 4.74 Å². The van der Waals surface area contributed by atoms with E-state index in [-0.39, 0.29) is 5.75 Å². The lowest BCUT2D eigenvalue weighted by atomic mass is 10.1. The third-order valence-electron chi connectivity index (χ3n) is 1.76. The maximum absolute atomic E-state index is 13.4. The van der Waals surface area contributed by atoms with Gasteiger partial charge in [-0.1, -0.05) is 6.58 Å². The Morgan fingerprint density at radius 3 is 2.19 bits per heavy atom. The molecule has 0 amide bonds. The van der Waals surface area contributed by atoms with Crippen LogP contribution in [0.15, 0.2) is 18.7 Å². The van der Waals surface area contributed by atoms with Crippen molar-refractivity contribution in [3.63, 3.8) is 0 Å². The number of hydrogen-bond donors (Lipinski definition) is 0. The fourth-order valence-electron chi connectivity index (χ4n) is 1.15. The number of halogens is 3. The first-order chi connectivity index (χ1) is 7.22. The van der Waals surface area contributed by atoms with Gasteiger partial charge in [0.15, 0.2) is 11.6 Å². The molecule has 0 saturated heterocycles. The highest BCUT2D eigenvalue weighted by molar-refractivity contribution is 5.58. The monoisotopic (exact) mass is 230 g/mol. The van der Waals surface area contributed by atoms with Gasteiger partial charge in [-0.3, -0.25) is 0 Å². The predicted molar refractivity (Wildman–Crippen MR) is 56.9 cm³/mol.